The molecule has 1 fully saturated rings. The Kier molecular flexibility index (Phi) is 4.45. The lowest BCUT2D eigenvalue weighted by molar-refractivity contribution is 0.514. The SMILES string of the molecule is Fc1ccc(CNCCC2CCCN2)c(F)c1. The first-order valence-electron chi connectivity index (χ1n) is 6.14. The normalized spacial score (nSPS) is 19.8. The molecule has 0 spiro atoms. The highest BCUT2D eigenvalue weighted by atomic mass is 19.1. The molecule has 4 heteroatoms. The largest absolute Gasteiger partial charge is 0.314 e. The number of hydrogen-bond acceptors (Lipinski definition) is 2. The summed E-state index contributed by atoms with van der Waals surface area (Å²) in [5, 5.41) is 6.60. The van der Waals surface area contributed by atoms with Gasteiger partial charge in [-0.25, -0.2) is 8.78 Å². The van der Waals surface area contributed by atoms with Crippen molar-refractivity contribution in [1.29, 1.82) is 0 Å². The van der Waals surface area contributed by atoms with Crippen LogP contribution in [0, 0.1) is 11.6 Å². The van der Waals surface area contributed by atoms with Crippen LogP contribution in [0.25, 0.3) is 0 Å². The van der Waals surface area contributed by atoms with E-state index in [1.54, 1.807) is 0 Å². The Morgan fingerprint density at radius 3 is 2.94 bits per heavy atom. The average Bonchev–Trinajstić information content (AvgIpc) is 2.79. The van der Waals surface area contributed by atoms with E-state index in [1.807, 2.05) is 0 Å². The maximum atomic E-state index is 13.3. The lowest BCUT2D eigenvalue weighted by atomic mass is 10.1. The summed E-state index contributed by atoms with van der Waals surface area (Å²) in [5.41, 5.74) is 0.519. The zero-order valence-corrected chi connectivity index (χ0v) is 9.81. The van der Waals surface area contributed by atoms with E-state index < -0.39 is 11.6 Å². The summed E-state index contributed by atoms with van der Waals surface area (Å²) >= 11 is 0. The summed E-state index contributed by atoms with van der Waals surface area (Å²) < 4.78 is 26.0. The molecule has 1 aliphatic heterocycles. The first kappa shape index (κ1) is 12.5. The van der Waals surface area contributed by atoms with Gasteiger partial charge in [0.05, 0.1) is 0 Å². The number of hydrogen-bond donors (Lipinski definition) is 2. The van der Waals surface area contributed by atoms with E-state index in [2.05, 4.69) is 10.6 Å². The average molecular weight is 240 g/mol. The van der Waals surface area contributed by atoms with Crippen molar-refractivity contribution in [2.24, 2.45) is 0 Å². The van der Waals surface area contributed by atoms with Gasteiger partial charge < -0.3 is 10.6 Å². The Bertz CT molecular complexity index is 362. The highest BCUT2D eigenvalue weighted by molar-refractivity contribution is 5.18. The molecule has 1 aromatic rings. The van der Waals surface area contributed by atoms with Gasteiger partial charge in [-0.05, 0) is 38.4 Å². The summed E-state index contributed by atoms with van der Waals surface area (Å²) in [6.45, 7) is 2.42. The quantitative estimate of drug-likeness (QED) is 0.771. The summed E-state index contributed by atoms with van der Waals surface area (Å²) in [5.74, 6) is -1.00. The third-order valence-electron chi connectivity index (χ3n) is 3.16. The molecule has 1 heterocycles. The maximum Gasteiger partial charge on any atom is 0.130 e. The molecule has 0 aromatic heterocycles. The molecule has 2 nitrogen and oxygen atoms in total. The van der Waals surface area contributed by atoms with E-state index >= 15 is 0 Å². The van der Waals surface area contributed by atoms with Crippen LogP contribution in [0.2, 0.25) is 0 Å². The minimum Gasteiger partial charge on any atom is -0.314 e. The van der Waals surface area contributed by atoms with Crippen LogP contribution in [0.15, 0.2) is 18.2 Å². The molecule has 94 valence electrons. The number of benzene rings is 1. The minimum absolute atomic E-state index is 0.457. The molecule has 0 amide bonds. The van der Waals surface area contributed by atoms with E-state index in [0.29, 0.717) is 18.2 Å². The van der Waals surface area contributed by atoms with Crippen LogP contribution in [0.1, 0.15) is 24.8 Å². The van der Waals surface area contributed by atoms with Crippen molar-refractivity contribution in [2.45, 2.75) is 31.8 Å². The molecule has 1 saturated heterocycles. The predicted molar refractivity (Wildman–Crippen MR) is 63.7 cm³/mol. The van der Waals surface area contributed by atoms with E-state index in [4.69, 9.17) is 0 Å². The molecule has 0 bridgehead atoms. The van der Waals surface area contributed by atoms with Crippen molar-refractivity contribution in [3.8, 4) is 0 Å². The van der Waals surface area contributed by atoms with Crippen molar-refractivity contribution < 1.29 is 8.78 Å². The number of nitrogens with one attached hydrogen (secondary N) is 2. The van der Waals surface area contributed by atoms with Gasteiger partial charge in [0.15, 0.2) is 0 Å². The van der Waals surface area contributed by atoms with Crippen LogP contribution >= 0.6 is 0 Å². The molecule has 2 rings (SSSR count). The smallest absolute Gasteiger partial charge is 0.130 e. The lowest BCUT2D eigenvalue weighted by Crippen LogP contribution is -2.27. The van der Waals surface area contributed by atoms with Crippen molar-refractivity contribution >= 4 is 0 Å². The molecule has 2 N–H and O–H groups in total. The maximum absolute atomic E-state index is 13.3. The van der Waals surface area contributed by atoms with Crippen LogP contribution in [-0.4, -0.2) is 19.1 Å². The van der Waals surface area contributed by atoms with E-state index in [9.17, 15) is 8.78 Å². The fourth-order valence-corrected chi connectivity index (χ4v) is 2.17. The first-order valence-corrected chi connectivity index (χ1v) is 6.14. The number of halogens is 2. The van der Waals surface area contributed by atoms with Crippen molar-refractivity contribution in [1.82, 2.24) is 10.6 Å². The molecule has 1 unspecified atom stereocenters. The fraction of sp³-hybridized carbons (Fsp3) is 0.538. The van der Waals surface area contributed by atoms with Gasteiger partial charge in [-0.2, -0.15) is 0 Å². The van der Waals surface area contributed by atoms with Gasteiger partial charge in [0.25, 0.3) is 0 Å². The fourth-order valence-electron chi connectivity index (χ4n) is 2.17. The highest BCUT2D eigenvalue weighted by Crippen LogP contribution is 2.10. The van der Waals surface area contributed by atoms with Crippen molar-refractivity contribution in [3.63, 3.8) is 0 Å². The van der Waals surface area contributed by atoms with E-state index in [1.165, 1.54) is 25.0 Å². The van der Waals surface area contributed by atoms with Crippen LogP contribution in [0.4, 0.5) is 8.78 Å². The predicted octanol–water partition coefficient (Wildman–Crippen LogP) is 2.20. The van der Waals surface area contributed by atoms with Crippen molar-refractivity contribution in [2.75, 3.05) is 13.1 Å². The first-order chi connectivity index (χ1) is 8.25. The van der Waals surface area contributed by atoms with Crippen LogP contribution in [0.5, 0.6) is 0 Å². The van der Waals surface area contributed by atoms with Crippen LogP contribution in [0.3, 0.4) is 0 Å². The van der Waals surface area contributed by atoms with E-state index in [-0.39, 0.29) is 0 Å². The van der Waals surface area contributed by atoms with Gasteiger partial charge in [-0.3, -0.25) is 0 Å². The van der Waals surface area contributed by atoms with Crippen molar-refractivity contribution in [3.05, 3.63) is 35.4 Å². The Morgan fingerprint density at radius 1 is 1.35 bits per heavy atom. The second-order valence-corrected chi connectivity index (χ2v) is 4.49. The molecular weight excluding hydrogens is 222 g/mol. The van der Waals surface area contributed by atoms with Gasteiger partial charge in [-0.15, -0.1) is 0 Å². The third kappa shape index (κ3) is 3.75. The molecule has 1 atom stereocenters. The Hall–Kier alpha value is -1.00. The summed E-state index contributed by atoms with van der Waals surface area (Å²) in [6.07, 6.45) is 3.53. The van der Waals surface area contributed by atoms with Crippen LogP contribution in [-0.2, 0) is 6.54 Å². The van der Waals surface area contributed by atoms with Gasteiger partial charge in [0.1, 0.15) is 11.6 Å². The standard InChI is InChI=1S/C13H18F2N2/c14-11-4-3-10(13(15)8-11)9-16-7-5-12-2-1-6-17-12/h3-4,8,12,16-17H,1-2,5-7,9H2. The molecule has 0 saturated carbocycles. The van der Waals surface area contributed by atoms with Gasteiger partial charge >= 0.3 is 0 Å². The third-order valence-corrected chi connectivity index (χ3v) is 3.16. The Balaban J connectivity index is 1.70. The Morgan fingerprint density at radius 2 is 2.24 bits per heavy atom. The Labute approximate surface area is 100 Å². The molecule has 17 heavy (non-hydrogen) atoms. The molecule has 0 aliphatic carbocycles. The van der Waals surface area contributed by atoms with Gasteiger partial charge in [0.2, 0.25) is 0 Å². The second-order valence-electron chi connectivity index (χ2n) is 4.49. The topological polar surface area (TPSA) is 24.1 Å². The van der Waals surface area contributed by atoms with Gasteiger partial charge in [-0.1, -0.05) is 6.07 Å². The second kappa shape index (κ2) is 6.07. The van der Waals surface area contributed by atoms with Crippen LogP contribution < -0.4 is 10.6 Å². The molecule has 0 radical (unpaired) electrons. The lowest BCUT2D eigenvalue weighted by Gasteiger charge is -2.11. The molecular formula is C13H18F2N2. The summed E-state index contributed by atoms with van der Waals surface area (Å²) in [4.78, 5) is 0. The van der Waals surface area contributed by atoms with E-state index in [0.717, 1.165) is 25.6 Å². The molecule has 1 aliphatic rings. The minimum atomic E-state index is -0.526. The summed E-state index contributed by atoms with van der Waals surface area (Å²) in [6, 6.07) is 4.31. The monoisotopic (exact) mass is 240 g/mol. The highest BCUT2D eigenvalue weighted by Gasteiger charge is 2.12. The van der Waals surface area contributed by atoms with Gasteiger partial charge in [0, 0.05) is 24.2 Å². The molecule has 1 aromatic carbocycles. The zero-order valence-electron chi connectivity index (χ0n) is 9.81. The number of rotatable bonds is 5. The summed E-state index contributed by atoms with van der Waals surface area (Å²) in [7, 11) is 0. The zero-order chi connectivity index (χ0) is 12.1.